The Hall–Kier alpha value is -1.20. The molecule has 2 nitrogen and oxygen atoms in total. The van der Waals surface area contributed by atoms with Gasteiger partial charge in [-0.15, -0.1) is 12.6 Å². The zero-order valence-corrected chi connectivity index (χ0v) is 16.2. The molecule has 144 valence electrons. The molecular weight excluding hydrogens is 470 g/mol. The average Bonchev–Trinajstić information content (AvgIpc) is 2.45. The summed E-state index contributed by atoms with van der Waals surface area (Å²) in [6.07, 6.45) is -8.23. The van der Waals surface area contributed by atoms with Gasteiger partial charge in [-0.3, -0.25) is 0 Å². The maximum absolute atomic E-state index is 12.5. The number of hydrogen-bond acceptors (Lipinski definition) is 3. The summed E-state index contributed by atoms with van der Waals surface area (Å²) < 4.78 is 95.8. The Morgan fingerprint density at radius 2 is 1.38 bits per heavy atom. The Bertz CT molecular complexity index is 876. The van der Waals surface area contributed by atoms with Gasteiger partial charge in [0, 0.05) is 15.6 Å². The Morgan fingerprint density at radius 3 is 1.77 bits per heavy atom. The van der Waals surface area contributed by atoms with Crippen LogP contribution in [0, 0.1) is 0 Å². The van der Waals surface area contributed by atoms with Crippen molar-refractivity contribution in [3.63, 3.8) is 0 Å². The lowest BCUT2D eigenvalue weighted by Gasteiger charge is -2.11. The minimum absolute atomic E-state index is 0.0417. The minimum atomic E-state index is -4.68. The molecule has 0 fully saturated rings. The predicted octanol–water partition coefficient (Wildman–Crippen LogP) is 5.87. The van der Waals surface area contributed by atoms with Gasteiger partial charge in [0.1, 0.15) is 0 Å². The van der Waals surface area contributed by atoms with Crippen LogP contribution in [0.5, 0.6) is 0 Å². The first-order chi connectivity index (χ1) is 11.6. The van der Waals surface area contributed by atoms with E-state index in [4.69, 9.17) is 0 Å². The molecule has 11 heteroatoms. The molecule has 0 aliphatic rings. The van der Waals surface area contributed by atoms with Crippen LogP contribution < -0.4 is 0 Å². The zero-order valence-electron chi connectivity index (χ0n) is 12.9. The molecule has 0 amide bonds. The molecule has 0 bridgehead atoms. The summed E-state index contributed by atoms with van der Waals surface area (Å²) in [6.45, 7) is 0. The van der Waals surface area contributed by atoms with Crippen molar-refractivity contribution in [1.82, 2.24) is 0 Å². The highest BCUT2D eigenvalue weighted by Gasteiger charge is 2.36. The van der Waals surface area contributed by atoms with Gasteiger partial charge in [-0.25, -0.2) is 8.42 Å². The summed E-state index contributed by atoms with van der Waals surface area (Å²) in [4.78, 5) is -0.752. The first-order valence-electron chi connectivity index (χ1n) is 6.56. The predicted molar refractivity (Wildman–Crippen MR) is 90.9 cm³/mol. The maximum Gasteiger partial charge on any atom is 0.417 e. The van der Waals surface area contributed by atoms with Crippen LogP contribution in [0.25, 0.3) is 0 Å². The summed E-state index contributed by atoms with van der Waals surface area (Å²) in [5.41, 5.74) is -1.84. The first-order valence-corrected chi connectivity index (χ1v) is 9.69. The van der Waals surface area contributed by atoms with Gasteiger partial charge in [0.25, 0.3) is 0 Å². The average molecular weight is 481 g/mol. The van der Waals surface area contributed by atoms with Crippen LogP contribution in [0.3, 0.4) is 0 Å². The van der Waals surface area contributed by atoms with E-state index < -0.39 is 38.2 Å². The monoisotopic (exact) mass is 480 g/mol. The second kappa shape index (κ2) is 8.22. The van der Waals surface area contributed by atoms with E-state index in [0.717, 1.165) is 24.5 Å². The Labute approximate surface area is 159 Å². The molecule has 2 aromatic carbocycles. The van der Waals surface area contributed by atoms with Crippen LogP contribution in [0.15, 0.2) is 56.7 Å². The number of sulfone groups is 1. The van der Waals surface area contributed by atoms with E-state index >= 15 is 0 Å². The van der Waals surface area contributed by atoms with Gasteiger partial charge in [-0.1, -0.05) is 28.1 Å². The molecule has 0 unspecified atom stereocenters. The van der Waals surface area contributed by atoms with Gasteiger partial charge in [0.15, 0.2) is 9.84 Å². The highest BCUT2D eigenvalue weighted by molar-refractivity contribution is 9.10. The van der Waals surface area contributed by atoms with E-state index in [0.29, 0.717) is 0 Å². The van der Waals surface area contributed by atoms with Crippen LogP contribution in [-0.2, 0) is 22.2 Å². The highest BCUT2D eigenvalue weighted by Crippen LogP contribution is 2.36. The van der Waals surface area contributed by atoms with Crippen molar-refractivity contribution in [2.75, 3.05) is 6.26 Å². The van der Waals surface area contributed by atoms with E-state index in [-0.39, 0.29) is 9.37 Å². The fraction of sp³-hybridized carbons (Fsp3) is 0.200. The van der Waals surface area contributed by atoms with E-state index in [9.17, 15) is 34.8 Å². The van der Waals surface area contributed by atoms with Crippen molar-refractivity contribution in [2.45, 2.75) is 22.1 Å². The molecule has 2 rings (SSSR count). The van der Waals surface area contributed by atoms with Gasteiger partial charge in [0.2, 0.25) is 0 Å². The number of halogens is 7. The summed E-state index contributed by atoms with van der Waals surface area (Å²) in [6, 6.07) is 8.10. The van der Waals surface area contributed by atoms with Crippen LogP contribution in [0.2, 0.25) is 0 Å². The SMILES string of the molecule is CS(=O)(=O)c1ccc(Br)cc1C(F)(F)F.FC(F)(F)c1ccccc1S. The molecular formula is C15H11BrF6O2S2. The van der Waals surface area contributed by atoms with Crippen LogP contribution in [0.1, 0.15) is 11.1 Å². The standard InChI is InChI=1S/C8H6BrF3O2S.C7H5F3S/c1-15(13,14)7-3-2-5(9)4-6(7)8(10,11)12;8-7(9,10)5-3-1-2-4-6(5)11/h2-4H,1H3;1-4,11H. The van der Waals surface area contributed by atoms with Gasteiger partial charge in [0.05, 0.1) is 16.0 Å². The quantitative estimate of drug-likeness (QED) is 0.409. The third-order valence-corrected chi connectivity index (χ3v) is 4.89. The number of thiol groups is 1. The van der Waals surface area contributed by atoms with Crippen molar-refractivity contribution in [3.8, 4) is 0 Å². The van der Waals surface area contributed by atoms with E-state index in [1.54, 1.807) is 0 Å². The lowest BCUT2D eigenvalue weighted by Crippen LogP contribution is -2.12. The van der Waals surface area contributed by atoms with Crippen molar-refractivity contribution < 1.29 is 34.8 Å². The lowest BCUT2D eigenvalue weighted by molar-refractivity contribution is -0.140. The molecule has 0 spiro atoms. The summed E-state index contributed by atoms with van der Waals surface area (Å²) in [5.74, 6) is 0. The maximum atomic E-state index is 12.5. The number of benzene rings is 2. The summed E-state index contributed by atoms with van der Waals surface area (Å²) in [5, 5.41) is 0. The normalized spacial score (nSPS) is 12.3. The molecule has 0 aliphatic carbocycles. The Kier molecular flexibility index (Phi) is 7.22. The van der Waals surface area contributed by atoms with Crippen molar-refractivity contribution in [1.29, 1.82) is 0 Å². The van der Waals surface area contributed by atoms with E-state index in [2.05, 4.69) is 28.6 Å². The minimum Gasteiger partial charge on any atom is -0.224 e. The molecule has 0 heterocycles. The smallest absolute Gasteiger partial charge is 0.224 e. The largest absolute Gasteiger partial charge is 0.417 e. The fourth-order valence-electron chi connectivity index (χ4n) is 1.76. The van der Waals surface area contributed by atoms with Gasteiger partial charge < -0.3 is 0 Å². The van der Waals surface area contributed by atoms with E-state index in [1.165, 1.54) is 24.3 Å². The first kappa shape index (κ1) is 22.8. The van der Waals surface area contributed by atoms with Crippen LogP contribution >= 0.6 is 28.6 Å². The van der Waals surface area contributed by atoms with Crippen molar-refractivity contribution in [3.05, 3.63) is 58.1 Å². The molecule has 2 aromatic rings. The lowest BCUT2D eigenvalue weighted by atomic mass is 10.2. The second-order valence-corrected chi connectivity index (χ2v) is 8.31. The number of rotatable bonds is 1. The highest BCUT2D eigenvalue weighted by atomic mass is 79.9. The Morgan fingerprint density at radius 1 is 0.885 bits per heavy atom. The molecule has 0 aromatic heterocycles. The summed E-state index contributed by atoms with van der Waals surface area (Å²) in [7, 11) is -3.87. The third-order valence-electron chi connectivity index (χ3n) is 2.86. The van der Waals surface area contributed by atoms with Crippen molar-refractivity contribution >= 4 is 38.4 Å². The second-order valence-electron chi connectivity index (χ2n) is 4.93. The van der Waals surface area contributed by atoms with Gasteiger partial charge in [-0.2, -0.15) is 26.3 Å². The Balaban J connectivity index is 0.000000273. The zero-order chi connectivity index (χ0) is 20.3. The van der Waals surface area contributed by atoms with Crippen LogP contribution in [-0.4, -0.2) is 14.7 Å². The van der Waals surface area contributed by atoms with Gasteiger partial charge >= 0.3 is 12.4 Å². The van der Waals surface area contributed by atoms with E-state index in [1.807, 2.05) is 0 Å². The molecule has 0 radical (unpaired) electrons. The number of alkyl halides is 6. The third kappa shape index (κ3) is 6.51. The summed E-state index contributed by atoms with van der Waals surface area (Å²) >= 11 is 6.53. The molecule has 0 saturated carbocycles. The molecule has 26 heavy (non-hydrogen) atoms. The molecule has 0 atom stereocenters. The topological polar surface area (TPSA) is 34.1 Å². The molecule has 0 N–H and O–H groups in total. The number of hydrogen-bond donors (Lipinski definition) is 1. The molecule has 0 aliphatic heterocycles. The van der Waals surface area contributed by atoms with Crippen molar-refractivity contribution in [2.24, 2.45) is 0 Å². The molecule has 0 saturated heterocycles. The fourth-order valence-corrected chi connectivity index (χ4v) is 3.30. The van der Waals surface area contributed by atoms with Gasteiger partial charge in [-0.05, 0) is 30.3 Å². The van der Waals surface area contributed by atoms with Crippen LogP contribution in [0.4, 0.5) is 26.3 Å².